The smallest absolute Gasteiger partial charge is 0.255 e. The minimum atomic E-state index is -0.535. The van der Waals surface area contributed by atoms with Crippen LogP contribution in [0.1, 0.15) is 27.6 Å². The Balaban J connectivity index is 2.11. The van der Waals surface area contributed by atoms with Crippen molar-refractivity contribution in [3.05, 3.63) is 53.7 Å². The fourth-order valence-electron chi connectivity index (χ4n) is 1.74. The number of nitrogens with zero attached hydrogens (tertiary/aromatic N) is 1. The first-order valence-electron chi connectivity index (χ1n) is 6.40. The van der Waals surface area contributed by atoms with Gasteiger partial charge in [0.2, 0.25) is 11.8 Å². The lowest BCUT2D eigenvalue weighted by atomic mass is 10.2. The van der Waals surface area contributed by atoms with Gasteiger partial charge in [-0.3, -0.25) is 14.4 Å². The number of anilines is 2. The second-order valence-electron chi connectivity index (χ2n) is 4.51. The number of hydrogen-bond acceptors (Lipinski definition) is 4. The van der Waals surface area contributed by atoms with Crippen molar-refractivity contribution in [2.24, 2.45) is 5.73 Å². The van der Waals surface area contributed by atoms with Gasteiger partial charge in [0, 0.05) is 29.9 Å². The van der Waals surface area contributed by atoms with E-state index in [-0.39, 0.29) is 11.8 Å². The first-order chi connectivity index (χ1) is 10.5. The number of rotatable bonds is 4. The summed E-state index contributed by atoms with van der Waals surface area (Å²) in [5, 5.41) is 5.18. The summed E-state index contributed by atoms with van der Waals surface area (Å²) in [6.45, 7) is 1.36. The van der Waals surface area contributed by atoms with Crippen molar-refractivity contribution in [1.82, 2.24) is 4.98 Å². The van der Waals surface area contributed by atoms with E-state index in [1.165, 1.54) is 37.4 Å². The predicted octanol–water partition coefficient (Wildman–Crippen LogP) is 1.39. The second-order valence-corrected chi connectivity index (χ2v) is 4.51. The standard InChI is InChI=1S/C15H14N4O3/c1-9(20)18-13-8-11(6-7-17-13)15(22)19-12-4-2-10(3-5-12)14(16)21/h2-8H,1H3,(H2,16,21)(H,19,22)(H,17,18,20). The lowest BCUT2D eigenvalue weighted by Crippen LogP contribution is -2.14. The molecular formula is C15H14N4O3. The zero-order valence-electron chi connectivity index (χ0n) is 11.8. The van der Waals surface area contributed by atoms with Crippen molar-refractivity contribution in [2.75, 3.05) is 10.6 Å². The van der Waals surface area contributed by atoms with Gasteiger partial charge in [-0.2, -0.15) is 0 Å². The lowest BCUT2D eigenvalue weighted by Gasteiger charge is -2.07. The quantitative estimate of drug-likeness (QED) is 0.791. The van der Waals surface area contributed by atoms with Crippen LogP contribution in [0.2, 0.25) is 0 Å². The Labute approximate surface area is 126 Å². The van der Waals surface area contributed by atoms with Crippen molar-refractivity contribution in [3.63, 3.8) is 0 Å². The molecule has 0 aliphatic carbocycles. The molecular weight excluding hydrogens is 284 g/mol. The van der Waals surface area contributed by atoms with Gasteiger partial charge in [-0.1, -0.05) is 0 Å². The van der Waals surface area contributed by atoms with Crippen LogP contribution >= 0.6 is 0 Å². The van der Waals surface area contributed by atoms with E-state index in [2.05, 4.69) is 15.6 Å². The van der Waals surface area contributed by atoms with Gasteiger partial charge in [0.15, 0.2) is 0 Å². The van der Waals surface area contributed by atoms with Gasteiger partial charge in [0.05, 0.1) is 0 Å². The summed E-state index contributed by atoms with van der Waals surface area (Å²) < 4.78 is 0. The Morgan fingerprint density at radius 2 is 1.68 bits per heavy atom. The minimum Gasteiger partial charge on any atom is -0.366 e. The molecule has 0 aliphatic heterocycles. The summed E-state index contributed by atoms with van der Waals surface area (Å²) in [5.41, 5.74) is 6.37. The highest BCUT2D eigenvalue weighted by Gasteiger charge is 2.08. The van der Waals surface area contributed by atoms with Crippen molar-refractivity contribution in [3.8, 4) is 0 Å². The molecule has 0 bridgehead atoms. The molecule has 1 aromatic carbocycles. The third kappa shape index (κ3) is 3.89. The lowest BCUT2D eigenvalue weighted by molar-refractivity contribution is -0.114. The van der Waals surface area contributed by atoms with E-state index >= 15 is 0 Å². The minimum absolute atomic E-state index is 0.271. The number of amides is 3. The number of carbonyl (C=O) groups is 3. The number of benzene rings is 1. The number of primary amides is 1. The van der Waals surface area contributed by atoms with Crippen LogP contribution in [0.3, 0.4) is 0 Å². The molecule has 1 aromatic heterocycles. The fraction of sp³-hybridized carbons (Fsp3) is 0.0667. The summed E-state index contributed by atoms with van der Waals surface area (Å²) >= 11 is 0. The fourth-order valence-corrected chi connectivity index (χ4v) is 1.74. The number of hydrogen-bond donors (Lipinski definition) is 3. The SMILES string of the molecule is CC(=O)Nc1cc(C(=O)Nc2ccc(C(N)=O)cc2)ccn1. The van der Waals surface area contributed by atoms with Crippen LogP contribution in [0.5, 0.6) is 0 Å². The van der Waals surface area contributed by atoms with Gasteiger partial charge in [0.1, 0.15) is 5.82 Å². The molecule has 7 heteroatoms. The Morgan fingerprint density at radius 3 is 2.27 bits per heavy atom. The molecule has 0 saturated heterocycles. The second kappa shape index (κ2) is 6.49. The Kier molecular flexibility index (Phi) is 4.47. The molecule has 3 amide bonds. The van der Waals surface area contributed by atoms with Gasteiger partial charge >= 0.3 is 0 Å². The van der Waals surface area contributed by atoms with Crippen LogP contribution in [0.25, 0.3) is 0 Å². The van der Waals surface area contributed by atoms with Crippen LogP contribution in [-0.4, -0.2) is 22.7 Å². The molecule has 7 nitrogen and oxygen atoms in total. The third-order valence-electron chi connectivity index (χ3n) is 2.75. The van der Waals surface area contributed by atoms with Crippen molar-refractivity contribution in [1.29, 1.82) is 0 Å². The maximum absolute atomic E-state index is 12.1. The van der Waals surface area contributed by atoms with E-state index in [4.69, 9.17) is 5.73 Å². The van der Waals surface area contributed by atoms with Gasteiger partial charge in [-0.05, 0) is 36.4 Å². The summed E-state index contributed by atoms with van der Waals surface area (Å²) in [5.74, 6) is -0.871. The molecule has 2 aromatic rings. The number of pyridine rings is 1. The number of carbonyl (C=O) groups excluding carboxylic acids is 3. The topological polar surface area (TPSA) is 114 Å². The van der Waals surface area contributed by atoms with Crippen molar-refractivity contribution in [2.45, 2.75) is 6.92 Å². The van der Waals surface area contributed by atoms with Gasteiger partial charge in [0.25, 0.3) is 5.91 Å². The van der Waals surface area contributed by atoms with E-state index in [0.29, 0.717) is 22.6 Å². The molecule has 0 spiro atoms. The normalized spacial score (nSPS) is 9.86. The first-order valence-corrected chi connectivity index (χ1v) is 6.40. The molecule has 0 atom stereocenters. The molecule has 0 fully saturated rings. The highest BCUT2D eigenvalue weighted by atomic mass is 16.2. The molecule has 1 heterocycles. The van der Waals surface area contributed by atoms with E-state index in [1.807, 2.05) is 0 Å². The summed E-state index contributed by atoms with van der Waals surface area (Å²) in [6.07, 6.45) is 1.43. The van der Waals surface area contributed by atoms with Crippen LogP contribution in [-0.2, 0) is 4.79 Å². The largest absolute Gasteiger partial charge is 0.366 e. The average molecular weight is 298 g/mol. The Morgan fingerprint density at radius 1 is 1.00 bits per heavy atom. The van der Waals surface area contributed by atoms with Crippen molar-refractivity contribution >= 4 is 29.2 Å². The zero-order valence-corrected chi connectivity index (χ0v) is 11.8. The molecule has 0 unspecified atom stereocenters. The van der Waals surface area contributed by atoms with Crippen LogP contribution in [0.15, 0.2) is 42.6 Å². The van der Waals surface area contributed by atoms with Gasteiger partial charge < -0.3 is 16.4 Å². The van der Waals surface area contributed by atoms with E-state index in [1.54, 1.807) is 12.1 Å². The zero-order chi connectivity index (χ0) is 16.1. The summed E-state index contributed by atoms with van der Waals surface area (Å²) in [4.78, 5) is 38.0. The maximum Gasteiger partial charge on any atom is 0.255 e. The Hall–Kier alpha value is -3.22. The van der Waals surface area contributed by atoms with E-state index in [9.17, 15) is 14.4 Å². The molecule has 2 rings (SSSR count). The molecule has 4 N–H and O–H groups in total. The maximum atomic E-state index is 12.1. The summed E-state index contributed by atoms with van der Waals surface area (Å²) in [7, 11) is 0. The number of aromatic nitrogens is 1. The highest BCUT2D eigenvalue weighted by Crippen LogP contribution is 2.13. The number of nitrogens with two attached hydrogens (primary N) is 1. The van der Waals surface area contributed by atoms with Gasteiger partial charge in [-0.25, -0.2) is 4.98 Å². The monoisotopic (exact) mass is 298 g/mol. The first kappa shape index (κ1) is 15.2. The molecule has 22 heavy (non-hydrogen) atoms. The molecule has 0 radical (unpaired) electrons. The van der Waals surface area contributed by atoms with Crippen LogP contribution in [0.4, 0.5) is 11.5 Å². The van der Waals surface area contributed by atoms with Crippen LogP contribution in [0, 0.1) is 0 Å². The molecule has 112 valence electrons. The molecule has 0 aliphatic rings. The predicted molar refractivity (Wildman–Crippen MR) is 81.5 cm³/mol. The highest BCUT2D eigenvalue weighted by molar-refractivity contribution is 6.05. The average Bonchev–Trinajstić information content (AvgIpc) is 2.47. The van der Waals surface area contributed by atoms with E-state index < -0.39 is 5.91 Å². The Bertz CT molecular complexity index is 726. The third-order valence-corrected chi connectivity index (χ3v) is 2.75. The van der Waals surface area contributed by atoms with E-state index in [0.717, 1.165) is 0 Å². The number of nitrogens with one attached hydrogen (secondary N) is 2. The van der Waals surface area contributed by atoms with Gasteiger partial charge in [-0.15, -0.1) is 0 Å². The van der Waals surface area contributed by atoms with Crippen molar-refractivity contribution < 1.29 is 14.4 Å². The molecule has 0 saturated carbocycles. The summed E-state index contributed by atoms with van der Waals surface area (Å²) in [6, 6.07) is 9.19. The van der Waals surface area contributed by atoms with Crippen LogP contribution < -0.4 is 16.4 Å².